The van der Waals surface area contributed by atoms with Gasteiger partial charge in [-0.15, -0.1) is 0 Å². The fourth-order valence-electron chi connectivity index (χ4n) is 4.64. The monoisotopic (exact) mass is 488 g/mol. The van der Waals surface area contributed by atoms with Gasteiger partial charge in [-0.2, -0.15) is 0 Å². The smallest absolute Gasteiger partial charge is 0.328 e. The maximum atomic E-state index is 13.4. The van der Waals surface area contributed by atoms with E-state index >= 15 is 0 Å². The summed E-state index contributed by atoms with van der Waals surface area (Å²) in [6, 6.07) is 5.07. The van der Waals surface area contributed by atoms with Gasteiger partial charge in [0.1, 0.15) is 17.8 Å². The van der Waals surface area contributed by atoms with E-state index in [2.05, 4.69) is 10.6 Å². The maximum absolute atomic E-state index is 13.4. The quantitative estimate of drug-likeness (QED) is 0.562. The molecule has 192 valence electrons. The highest BCUT2D eigenvalue weighted by Gasteiger charge is 2.38. The number of piperazine rings is 1. The summed E-state index contributed by atoms with van der Waals surface area (Å²) in [5.74, 6) is -0.582. The van der Waals surface area contributed by atoms with Crippen molar-refractivity contribution in [1.82, 2.24) is 20.4 Å². The van der Waals surface area contributed by atoms with Crippen LogP contribution in [0.2, 0.25) is 0 Å². The molecular weight excluding hydrogens is 452 g/mol. The predicted molar refractivity (Wildman–Crippen MR) is 129 cm³/mol. The van der Waals surface area contributed by atoms with Crippen molar-refractivity contribution in [1.29, 1.82) is 0 Å². The molecule has 1 saturated heterocycles. The highest BCUT2D eigenvalue weighted by molar-refractivity contribution is 5.91. The van der Waals surface area contributed by atoms with Gasteiger partial charge < -0.3 is 29.9 Å². The SMILES string of the molecule is COC(=O)[C@H](Cc1ccc(OC)cc1)NC(=O)[C@H]1CN(C(C)=O)CCN1C(=O)NC1CCCCC1. The Hall–Kier alpha value is -3.30. The van der Waals surface area contributed by atoms with Crippen molar-refractivity contribution in [2.24, 2.45) is 0 Å². The van der Waals surface area contributed by atoms with E-state index in [1.54, 1.807) is 24.1 Å². The van der Waals surface area contributed by atoms with Gasteiger partial charge in [-0.25, -0.2) is 9.59 Å². The van der Waals surface area contributed by atoms with Crippen LogP contribution in [0.15, 0.2) is 24.3 Å². The van der Waals surface area contributed by atoms with Gasteiger partial charge in [0.2, 0.25) is 11.8 Å². The van der Waals surface area contributed by atoms with Crippen molar-refractivity contribution >= 4 is 23.8 Å². The lowest BCUT2D eigenvalue weighted by atomic mass is 9.95. The van der Waals surface area contributed by atoms with Crippen LogP contribution in [-0.2, 0) is 25.5 Å². The molecule has 1 aromatic rings. The predicted octanol–water partition coefficient (Wildman–Crippen LogP) is 1.47. The van der Waals surface area contributed by atoms with Crippen LogP contribution < -0.4 is 15.4 Å². The molecule has 0 spiro atoms. The van der Waals surface area contributed by atoms with E-state index in [0.29, 0.717) is 12.3 Å². The molecule has 0 bridgehead atoms. The Morgan fingerprint density at radius 2 is 1.71 bits per heavy atom. The van der Waals surface area contributed by atoms with Gasteiger partial charge in [-0.3, -0.25) is 9.59 Å². The number of methoxy groups -OCH3 is 2. The topological polar surface area (TPSA) is 117 Å². The second-order valence-electron chi connectivity index (χ2n) is 9.10. The van der Waals surface area contributed by atoms with Crippen LogP contribution in [0.5, 0.6) is 5.75 Å². The van der Waals surface area contributed by atoms with Crippen LogP contribution in [0.1, 0.15) is 44.6 Å². The Kier molecular flexibility index (Phi) is 9.33. The highest BCUT2D eigenvalue weighted by atomic mass is 16.5. The van der Waals surface area contributed by atoms with Crippen molar-refractivity contribution in [3.8, 4) is 5.75 Å². The maximum Gasteiger partial charge on any atom is 0.328 e. The van der Waals surface area contributed by atoms with Gasteiger partial charge in [-0.1, -0.05) is 31.4 Å². The Morgan fingerprint density at radius 1 is 1.03 bits per heavy atom. The summed E-state index contributed by atoms with van der Waals surface area (Å²) in [4.78, 5) is 54.0. The van der Waals surface area contributed by atoms with Gasteiger partial charge in [-0.05, 0) is 30.5 Å². The summed E-state index contributed by atoms with van der Waals surface area (Å²) >= 11 is 0. The number of carbonyl (C=O) groups is 4. The number of urea groups is 1. The summed E-state index contributed by atoms with van der Waals surface area (Å²) in [6.07, 6.45) is 5.35. The van der Waals surface area contributed by atoms with Gasteiger partial charge >= 0.3 is 12.0 Å². The molecule has 0 radical (unpaired) electrons. The first-order valence-electron chi connectivity index (χ1n) is 12.2. The van der Waals surface area contributed by atoms with Gasteiger partial charge in [0.15, 0.2) is 0 Å². The van der Waals surface area contributed by atoms with Gasteiger partial charge in [0, 0.05) is 32.5 Å². The molecule has 35 heavy (non-hydrogen) atoms. The standard InChI is InChI=1S/C25H36N4O6/c1-17(30)28-13-14-29(25(33)26-19-7-5-4-6-8-19)22(16-28)23(31)27-21(24(32)35-3)15-18-9-11-20(34-2)12-10-18/h9-12,19,21-22H,4-8,13-16H2,1-3H3,(H,26,33)(H,27,31)/t21-,22+/m0/s1. The first-order valence-corrected chi connectivity index (χ1v) is 12.2. The molecule has 2 aliphatic rings. The van der Waals surface area contributed by atoms with Crippen LogP contribution in [0.25, 0.3) is 0 Å². The van der Waals surface area contributed by atoms with Crippen molar-refractivity contribution in [3.05, 3.63) is 29.8 Å². The third-order valence-electron chi connectivity index (χ3n) is 6.72. The molecule has 2 atom stereocenters. The number of nitrogens with zero attached hydrogens (tertiary/aromatic N) is 2. The molecule has 10 heteroatoms. The molecule has 3 rings (SSSR count). The molecule has 1 aliphatic carbocycles. The fourth-order valence-corrected chi connectivity index (χ4v) is 4.64. The summed E-state index contributed by atoms with van der Waals surface area (Å²) < 4.78 is 10.1. The number of amides is 4. The van der Waals surface area contributed by atoms with Gasteiger partial charge in [0.05, 0.1) is 20.8 Å². The fraction of sp³-hybridized carbons (Fsp3) is 0.600. The van der Waals surface area contributed by atoms with E-state index < -0.39 is 24.0 Å². The highest BCUT2D eigenvalue weighted by Crippen LogP contribution is 2.19. The van der Waals surface area contributed by atoms with Crippen molar-refractivity contribution < 1.29 is 28.7 Å². The zero-order valence-corrected chi connectivity index (χ0v) is 20.7. The van der Waals surface area contributed by atoms with E-state index in [-0.39, 0.29) is 37.5 Å². The third-order valence-corrected chi connectivity index (χ3v) is 6.72. The second kappa shape index (κ2) is 12.4. The first-order chi connectivity index (χ1) is 16.8. The number of benzene rings is 1. The normalized spacial score (nSPS) is 19.5. The molecule has 1 aliphatic heterocycles. The lowest BCUT2D eigenvalue weighted by molar-refractivity contribution is -0.146. The Morgan fingerprint density at radius 3 is 2.31 bits per heavy atom. The Labute approximate surface area is 206 Å². The molecular formula is C25H36N4O6. The largest absolute Gasteiger partial charge is 0.497 e. The summed E-state index contributed by atoms with van der Waals surface area (Å²) in [6.45, 7) is 2.09. The number of rotatable bonds is 7. The number of ether oxygens (including phenoxy) is 2. The summed E-state index contributed by atoms with van der Waals surface area (Å²) in [5, 5.41) is 5.81. The molecule has 2 fully saturated rings. The van der Waals surface area contributed by atoms with E-state index in [9.17, 15) is 19.2 Å². The minimum Gasteiger partial charge on any atom is -0.497 e. The van der Waals surface area contributed by atoms with Crippen LogP contribution in [0, 0.1) is 0 Å². The van der Waals surface area contributed by atoms with Crippen molar-refractivity contribution in [3.63, 3.8) is 0 Å². The average Bonchev–Trinajstić information content (AvgIpc) is 2.88. The van der Waals surface area contributed by atoms with Gasteiger partial charge in [0.25, 0.3) is 0 Å². The minimum absolute atomic E-state index is 0.0652. The molecule has 0 unspecified atom stereocenters. The molecule has 1 heterocycles. The zero-order chi connectivity index (χ0) is 25.4. The van der Waals surface area contributed by atoms with Crippen molar-refractivity contribution in [2.45, 2.75) is 63.6 Å². The average molecular weight is 489 g/mol. The van der Waals surface area contributed by atoms with Crippen LogP contribution in [0.4, 0.5) is 4.79 Å². The zero-order valence-electron chi connectivity index (χ0n) is 20.7. The Bertz CT molecular complexity index is 900. The molecule has 2 N–H and O–H groups in total. The van der Waals surface area contributed by atoms with E-state index in [1.807, 2.05) is 12.1 Å². The van der Waals surface area contributed by atoms with Crippen LogP contribution in [-0.4, -0.2) is 85.6 Å². The van der Waals surface area contributed by atoms with Crippen LogP contribution >= 0.6 is 0 Å². The number of hydrogen-bond acceptors (Lipinski definition) is 6. The minimum atomic E-state index is -0.947. The Balaban J connectivity index is 1.74. The summed E-state index contributed by atoms with van der Waals surface area (Å²) in [7, 11) is 2.83. The molecule has 10 nitrogen and oxygen atoms in total. The number of esters is 1. The van der Waals surface area contributed by atoms with E-state index in [1.165, 1.54) is 18.9 Å². The van der Waals surface area contributed by atoms with Crippen LogP contribution in [0.3, 0.4) is 0 Å². The lowest BCUT2D eigenvalue weighted by Crippen LogP contribution is -2.64. The molecule has 0 aromatic heterocycles. The number of nitrogens with one attached hydrogen (secondary N) is 2. The summed E-state index contributed by atoms with van der Waals surface area (Å²) in [5.41, 5.74) is 0.808. The lowest BCUT2D eigenvalue weighted by Gasteiger charge is -2.41. The molecule has 4 amide bonds. The van der Waals surface area contributed by atoms with Crippen molar-refractivity contribution in [2.75, 3.05) is 33.9 Å². The number of carbonyl (C=O) groups excluding carboxylic acids is 4. The van der Waals surface area contributed by atoms with E-state index in [4.69, 9.17) is 9.47 Å². The molecule has 1 saturated carbocycles. The number of hydrogen-bond donors (Lipinski definition) is 2. The van der Waals surface area contributed by atoms with E-state index in [0.717, 1.165) is 37.7 Å². The third kappa shape index (κ3) is 7.10. The molecule has 1 aromatic carbocycles. The first kappa shape index (κ1) is 26.3. The second-order valence-corrected chi connectivity index (χ2v) is 9.10.